The summed E-state index contributed by atoms with van der Waals surface area (Å²) in [5.74, 6) is -1.29. The number of aliphatic hydroxyl groups is 1. The smallest absolute Gasteiger partial charge is 0.128 e. The van der Waals surface area contributed by atoms with E-state index < -0.39 is 17.7 Å². The van der Waals surface area contributed by atoms with Gasteiger partial charge in [0.1, 0.15) is 11.6 Å². The molecule has 2 N–H and O–H groups in total. The van der Waals surface area contributed by atoms with E-state index in [-0.39, 0.29) is 13.2 Å². The molecule has 0 saturated carbocycles. The normalized spacial score (nSPS) is 12.4. The summed E-state index contributed by atoms with van der Waals surface area (Å²) in [5.41, 5.74) is 0.310. The van der Waals surface area contributed by atoms with Gasteiger partial charge in [0.15, 0.2) is 0 Å². The number of halogens is 2. The van der Waals surface area contributed by atoms with Gasteiger partial charge in [0.2, 0.25) is 0 Å². The van der Waals surface area contributed by atoms with E-state index in [0.717, 1.165) is 18.9 Å². The van der Waals surface area contributed by atoms with Crippen molar-refractivity contribution < 1.29 is 18.6 Å². The van der Waals surface area contributed by atoms with E-state index in [9.17, 15) is 13.9 Å². The Morgan fingerprint density at radius 1 is 1.15 bits per heavy atom. The first-order valence-corrected chi connectivity index (χ1v) is 7.07. The van der Waals surface area contributed by atoms with Crippen LogP contribution in [0.1, 0.15) is 32.6 Å². The van der Waals surface area contributed by atoms with Crippen molar-refractivity contribution >= 4 is 5.69 Å². The molecule has 0 bridgehead atoms. The number of ether oxygens (including phenoxy) is 1. The Hall–Kier alpha value is -1.20. The van der Waals surface area contributed by atoms with Crippen molar-refractivity contribution in [3.63, 3.8) is 0 Å². The minimum absolute atomic E-state index is 0.192. The summed E-state index contributed by atoms with van der Waals surface area (Å²) in [7, 11) is 0. The lowest BCUT2D eigenvalue weighted by Gasteiger charge is -2.13. The average molecular weight is 287 g/mol. The fourth-order valence-electron chi connectivity index (χ4n) is 1.80. The van der Waals surface area contributed by atoms with Gasteiger partial charge in [-0.2, -0.15) is 0 Å². The molecule has 0 spiro atoms. The molecule has 0 aromatic heterocycles. The van der Waals surface area contributed by atoms with Crippen LogP contribution in [0.2, 0.25) is 0 Å². The van der Waals surface area contributed by atoms with Crippen molar-refractivity contribution in [3.8, 4) is 0 Å². The van der Waals surface area contributed by atoms with Crippen LogP contribution in [-0.4, -0.2) is 31.0 Å². The number of nitrogens with one attached hydrogen (secondary N) is 1. The second kappa shape index (κ2) is 9.66. The molecule has 0 heterocycles. The number of hydrogen-bond acceptors (Lipinski definition) is 3. The fourth-order valence-corrected chi connectivity index (χ4v) is 1.80. The standard InChI is InChI=1S/C15H23F2NO2/c1-2-3-4-5-6-20-11-15(19)10-18-14-8-12(16)7-13(17)9-14/h7-9,15,18-19H,2-6,10-11H2,1H3. The second-order valence-corrected chi connectivity index (χ2v) is 4.83. The Morgan fingerprint density at radius 3 is 2.50 bits per heavy atom. The highest BCUT2D eigenvalue weighted by atomic mass is 19.1. The van der Waals surface area contributed by atoms with E-state index in [0.29, 0.717) is 12.3 Å². The Labute approximate surface area is 119 Å². The van der Waals surface area contributed by atoms with Crippen LogP contribution >= 0.6 is 0 Å². The maximum absolute atomic E-state index is 12.9. The molecule has 1 unspecified atom stereocenters. The molecule has 0 amide bonds. The summed E-state index contributed by atoms with van der Waals surface area (Å²) in [5, 5.41) is 12.5. The van der Waals surface area contributed by atoms with E-state index in [2.05, 4.69) is 12.2 Å². The first-order chi connectivity index (χ1) is 9.61. The van der Waals surface area contributed by atoms with Gasteiger partial charge in [0.05, 0.1) is 12.7 Å². The van der Waals surface area contributed by atoms with Crippen LogP contribution in [-0.2, 0) is 4.74 Å². The van der Waals surface area contributed by atoms with Crippen LogP contribution in [0.15, 0.2) is 18.2 Å². The molecule has 0 saturated heterocycles. The molecule has 0 fully saturated rings. The molecule has 20 heavy (non-hydrogen) atoms. The molecule has 0 aliphatic carbocycles. The van der Waals surface area contributed by atoms with Gasteiger partial charge in [-0.1, -0.05) is 26.2 Å². The van der Waals surface area contributed by atoms with Crippen LogP contribution < -0.4 is 5.32 Å². The number of rotatable bonds is 10. The monoisotopic (exact) mass is 287 g/mol. The first kappa shape index (κ1) is 16.9. The van der Waals surface area contributed by atoms with Gasteiger partial charge >= 0.3 is 0 Å². The maximum atomic E-state index is 12.9. The largest absolute Gasteiger partial charge is 0.389 e. The minimum atomic E-state index is -0.701. The molecule has 0 radical (unpaired) electrons. The van der Waals surface area contributed by atoms with E-state index in [1.54, 1.807) is 0 Å². The molecule has 3 nitrogen and oxygen atoms in total. The van der Waals surface area contributed by atoms with Gasteiger partial charge in [-0.3, -0.25) is 0 Å². The third-order valence-corrected chi connectivity index (χ3v) is 2.86. The predicted octanol–water partition coefficient (Wildman–Crippen LogP) is 3.33. The molecule has 1 rings (SSSR count). The summed E-state index contributed by atoms with van der Waals surface area (Å²) >= 11 is 0. The second-order valence-electron chi connectivity index (χ2n) is 4.83. The van der Waals surface area contributed by atoms with E-state index >= 15 is 0 Å². The molecule has 1 aromatic rings. The van der Waals surface area contributed by atoms with Gasteiger partial charge in [0.25, 0.3) is 0 Å². The topological polar surface area (TPSA) is 41.5 Å². The number of unbranched alkanes of at least 4 members (excludes halogenated alkanes) is 3. The molecule has 0 aliphatic heterocycles. The number of aliphatic hydroxyl groups excluding tert-OH is 1. The quantitative estimate of drug-likeness (QED) is 0.649. The zero-order valence-corrected chi connectivity index (χ0v) is 11.9. The molecule has 1 aromatic carbocycles. The van der Waals surface area contributed by atoms with Crippen LogP contribution in [0, 0.1) is 11.6 Å². The van der Waals surface area contributed by atoms with E-state index in [4.69, 9.17) is 4.74 Å². The third kappa shape index (κ3) is 7.40. The lowest BCUT2D eigenvalue weighted by Crippen LogP contribution is -2.25. The maximum Gasteiger partial charge on any atom is 0.128 e. The highest BCUT2D eigenvalue weighted by Gasteiger charge is 2.05. The van der Waals surface area contributed by atoms with E-state index in [1.807, 2.05) is 0 Å². The Bertz CT molecular complexity index is 368. The molecule has 1 atom stereocenters. The zero-order chi connectivity index (χ0) is 14.8. The SMILES string of the molecule is CCCCCCOCC(O)CNc1cc(F)cc(F)c1. The number of benzene rings is 1. The van der Waals surface area contributed by atoms with Gasteiger partial charge in [0, 0.05) is 24.9 Å². The third-order valence-electron chi connectivity index (χ3n) is 2.86. The van der Waals surface area contributed by atoms with Crippen molar-refractivity contribution in [3.05, 3.63) is 29.8 Å². The van der Waals surface area contributed by atoms with Crippen LogP contribution in [0.4, 0.5) is 14.5 Å². The van der Waals surface area contributed by atoms with Crippen LogP contribution in [0.25, 0.3) is 0 Å². The van der Waals surface area contributed by atoms with Gasteiger partial charge in [-0.05, 0) is 18.6 Å². The van der Waals surface area contributed by atoms with Crippen molar-refractivity contribution in [2.45, 2.75) is 38.7 Å². The van der Waals surface area contributed by atoms with Gasteiger partial charge in [-0.15, -0.1) is 0 Å². The average Bonchev–Trinajstić information content (AvgIpc) is 2.39. The molecular formula is C15H23F2NO2. The molecular weight excluding hydrogens is 264 g/mol. The van der Waals surface area contributed by atoms with E-state index in [1.165, 1.54) is 25.0 Å². The van der Waals surface area contributed by atoms with Crippen LogP contribution in [0.5, 0.6) is 0 Å². The highest BCUT2D eigenvalue weighted by Crippen LogP contribution is 2.12. The van der Waals surface area contributed by atoms with Crippen molar-refractivity contribution in [2.75, 3.05) is 25.1 Å². The Kier molecular flexibility index (Phi) is 8.14. The van der Waals surface area contributed by atoms with Crippen molar-refractivity contribution in [1.29, 1.82) is 0 Å². The Morgan fingerprint density at radius 2 is 1.85 bits per heavy atom. The Balaban J connectivity index is 2.14. The first-order valence-electron chi connectivity index (χ1n) is 7.07. The van der Waals surface area contributed by atoms with Gasteiger partial charge in [-0.25, -0.2) is 8.78 Å². The summed E-state index contributed by atoms with van der Waals surface area (Å²) in [4.78, 5) is 0. The highest BCUT2D eigenvalue weighted by molar-refractivity contribution is 5.43. The zero-order valence-electron chi connectivity index (χ0n) is 11.9. The summed E-state index contributed by atoms with van der Waals surface area (Å²) < 4.78 is 31.2. The minimum Gasteiger partial charge on any atom is -0.389 e. The number of anilines is 1. The van der Waals surface area contributed by atoms with Crippen LogP contribution in [0.3, 0.4) is 0 Å². The molecule has 5 heteroatoms. The lowest BCUT2D eigenvalue weighted by molar-refractivity contribution is 0.0416. The van der Waals surface area contributed by atoms with Crippen molar-refractivity contribution in [1.82, 2.24) is 0 Å². The lowest BCUT2D eigenvalue weighted by atomic mass is 10.2. The summed E-state index contributed by atoms with van der Waals surface area (Å²) in [6.45, 7) is 3.19. The summed E-state index contributed by atoms with van der Waals surface area (Å²) in [6, 6.07) is 3.17. The van der Waals surface area contributed by atoms with Gasteiger partial charge < -0.3 is 15.2 Å². The summed E-state index contributed by atoms with van der Waals surface area (Å²) in [6.07, 6.45) is 3.79. The molecule has 0 aliphatic rings. The predicted molar refractivity (Wildman–Crippen MR) is 75.8 cm³/mol. The van der Waals surface area contributed by atoms with Crippen molar-refractivity contribution in [2.24, 2.45) is 0 Å². The fraction of sp³-hybridized carbons (Fsp3) is 0.600. The molecule has 114 valence electrons. The number of hydrogen-bond donors (Lipinski definition) is 2.